The lowest BCUT2D eigenvalue weighted by Gasteiger charge is -2.15. The van der Waals surface area contributed by atoms with Crippen molar-refractivity contribution in [1.82, 2.24) is 5.32 Å². The topological polar surface area (TPSA) is 84.5 Å². The van der Waals surface area contributed by atoms with E-state index in [1.165, 1.54) is 0 Å². The number of aryl methyl sites for hydroxylation is 1. The zero-order chi connectivity index (χ0) is 19.4. The van der Waals surface area contributed by atoms with Gasteiger partial charge in [-0.1, -0.05) is 29.3 Å². The summed E-state index contributed by atoms with van der Waals surface area (Å²) in [5, 5.41) is 6.26. The molecule has 1 aliphatic heterocycles. The maximum atomic E-state index is 12.1. The molecule has 2 N–H and O–H groups in total. The number of sulfone groups is 1. The van der Waals surface area contributed by atoms with Gasteiger partial charge >= 0.3 is 0 Å². The van der Waals surface area contributed by atoms with E-state index in [-0.39, 0.29) is 30.0 Å². The van der Waals surface area contributed by atoms with Crippen LogP contribution in [-0.4, -0.2) is 38.4 Å². The van der Waals surface area contributed by atoms with Gasteiger partial charge in [-0.3, -0.25) is 4.79 Å². The minimum absolute atomic E-state index is 0.00229. The minimum atomic E-state index is -3.03. The number of benzene rings is 2. The first kappa shape index (κ1) is 19.5. The minimum Gasteiger partial charge on any atom is -0.455 e. The molecule has 0 spiro atoms. The first-order chi connectivity index (χ1) is 12.8. The van der Waals surface area contributed by atoms with E-state index in [9.17, 15) is 13.2 Å². The molecule has 0 unspecified atom stereocenters. The van der Waals surface area contributed by atoms with Crippen LogP contribution in [-0.2, 0) is 14.6 Å². The highest BCUT2D eigenvalue weighted by Gasteiger charge is 2.28. The number of rotatable bonds is 6. The fraction of sp³-hybridized carbons (Fsp3) is 0.316. The van der Waals surface area contributed by atoms with E-state index in [1.54, 1.807) is 18.2 Å². The average molecular weight is 409 g/mol. The first-order valence-electron chi connectivity index (χ1n) is 8.58. The van der Waals surface area contributed by atoms with E-state index in [0.717, 1.165) is 5.56 Å². The second kappa shape index (κ2) is 8.19. The van der Waals surface area contributed by atoms with E-state index in [4.69, 9.17) is 16.3 Å². The number of hydrogen-bond acceptors (Lipinski definition) is 5. The summed E-state index contributed by atoms with van der Waals surface area (Å²) >= 11 is 6.06. The van der Waals surface area contributed by atoms with Gasteiger partial charge in [0.25, 0.3) is 0 Å². The van der Waals surface area contributed by atoms with Crippen LogP contribution in [0.25, 0.3) is 0 Å². The molecule has 0 bridgehead atoms. The molecule has 2 aromatic rings. The molecule has 1 fully saturated rings. The molecule has 0 aromatic heterocycles. The van der Waals surface area contributed by atoms with Gasteiger partial charge in [-0.25, -0.2) is 8.42 Å². The quantitative estimate of drug-likeness (QED) is 0.767. The molecule has 2 aromatic carbocycles. The molecule has 0 aliphatic carbocycles. The van der Waals surface area contributed by atoms with Crippen LogP contribution in [0.3, 0.4) is 0 Å². The second-order valence-electron chi connectivity index (χ2n) is 6.58. The smallest absolute Gasteiger partial charge is 0.239 e. The Bertz CT molecular complexity index is 929. The van der Waals surface area contributed by atoms with Crippen molar-refractivity contribution in [2.75, 3.05) is 23.4 Å². The van der Waals surface area contributed by atoms with Crippen molar-refractivity contribution in [3.63, 3.8) is 0 Å². The van der Waals surface area contributed by atoms with Gasteiger partial charge < -0.3 is 15.4 Å². The third kappa shape index (κ3) is 5.61. The number of halogens is 1. The Kier molecular flexibility index (Phi) is 5.92. The lowest BCUT2D eigenvalue weighted by Crippen LogP contribution is -2.39. The van der Waals surface area contributed by atoms with Gasteiger partial charge in [0.2, 0.25) is 5.91 Å². The summed E-state index contributed by atoms with van der Waals surface area (Å²) in [7, 11) is -3.03. The van der Waals surface area contributed by atoms with Crippen molar-refractivity contribution in [3.05, 3.63) is 53.1 Å². The highest BCUT2D eigenvalue weighted by atomic mass is 35.5. The number of nitrogens with one attached hydrogen (secondary N) is 2. The zero-order valence-electron chi connectivity index (χ0n) is 14.9. The Labute approximate surface area is 163 Å². The molecule has 3 rings (SSSR count). The van der Waals surface area contributed by atoms with Crippen molar-refractivity contribution in [1.29, 1.82) is 0 Å². The van der Waals surface area contributed by atoms with Crippen LogP contribution >= 0.6 is 11.6 Å². The van der Waals surface area contributed by atoms with Gasteiger partial charge in [-0.2, -0.15) is 0 Å². The van der Waals surface area contributed by atoms with E-state index in [1.807, 2.05) is 31.2 Å². The Hall–Kier alpha value is -2.25. The first-order valence-corrected chi connectivity index (χ1v) is 10.8. The van der Waals surface area contributed by atoms with Crippen LogP contribution in [0, 0.1) is 6.92 Å². The molecular formula is C19H21ClN2O4S. The molecule has 6 nitrogen and oxygen atoms in total. The van der Waals surface area contributed by atoms with Crippen molar-refractivity contribution < 1.29 is 17.9 Å². The van der Waals surface area contributed by atoms with E-state index in [2.05, 4.69) is 10.6 Å². The van der Waals surface area contributed by atoms with Crippen LogP contribution < -0.4 is 15.4 Å². The summed E-state index contributed by atoms with van der Waals surface area (Å²) < 4.78 is 28.8. The highest BCUT2D eigenvalue weighted by molar-refractivity contribution is 7.91. The Morgan fingerprint density at radius 2 is 1.96 bits per heavy atom. The monoisotopic (exact) mass is 408 g/mol. The summed E-state index contributed by atoms with van der Waals surface area (Å²) in [5.41, 5.74) is 1.71. The summed E-state index contributed by atoms with van der Waals surface area (Å²) in [6.45, 7) is 1.98. The fourth-order valence-corrected chi connectivity index (χ4v) is 4.67. The lowest BCUT2D eigenvalue weighted by molar-refractivity contribution is -0.119. The highest BCUT2D eigenvalue weighted by Crippen LogP contribution is 2.32. The number of anilines is 1. The summed E-state index contributed by atoms with van der Waals surface area (Å²) in [6.07, 6.45) is 0.451. The molecule has 144 valence electrons. The number of carbonyl (C=O) groups is 1. The van der Waals surface area contributed by atoms with E-state index in [0.29, 0.717) is 28.6 Å². The van der Waals surface area contributed by atoms with Gasteiger partial charge in [-0.15, -0.1) is 0 Å². The van der Waals surface area contributed by atoms with Crippen molar-refractivity contribution in [2.45, 2.75) is 19.4 Å². The zero-order valence-corrected chi connectivity index (χ0v) is 16.4. The van der Waals surface area contributed by atoms with Crippen LogP contribution in [0.4, 0.5) is 5.69 Å². The molecular weight excluding hydrogens is 388 g/mol. The number of amides is 1. The van der Waals surface area contributed by atoms with Crippen LogP contribution in [0.15, 0.2) is 42.5 Å². The molecule has 27 heavy (non-hydrogen) atoms. The maximum absolute atomic E-state index is 12.1. The van der Waals surface area contributed by atoms with Crippen LogP contribution in [0.5, 0.6) is 11.5 Å². The fourth-order valence-electron chi connectivity index (χ4n) is 2.83. The summed E-state index contributed by atoms with van der Waals surface area (Å²) in [6, 6.07) is 12.4. The van der Waals surface area contributed by atoms with Gasteiger partial charge in [-0.05, 0) is 43.7 Å². The third-order valence-electron chi connectivity index (χ3n) is 4.23. The predicted octanol–water partition coefficient (Wildman–Crippen LogP) is 3.16. The van der Waals surface area contributed by atoms with E-state index >= 15 is 0 Å². The molecule has 0 radical (unpaired) electrons. The average Bonchev–Trinajstić information content (AvgIpc) is 2.95. The molecule has 8 heteroatoms. The van der Waals surface area contributed by atoms with Gasteiger partial charge in [0.15, 0.2) is 15.6 Å². The molecule has 1 atom stereocenters. The Morgan fingerprint density at radius 3 is 2.63 bits per heavy atom. The van der Waals surface area contributed by atoms with Crippen molar-refractivity contribution in [2.24, 2.45) is 0 Å². The Balaban J connectivity index is 1.62. The van der Waals surface area contributed by atoms with Gasteiger partial charge in [0.1, 0.15) is 5.75 Å². The number of hydrogen-bond donors (Lipinski definition) is 2. The van der Waals surface area contributed by atoms with Crippen molar-refractivity contribution in [3.8, 4) is 11.5 Å². The predicted molar refractivity (Wildman–Crippen MR) is 106 cm³/mol. The van der Waals surface area contributed by atoms with Crippen molar-refractivity contribution >= 4 is 33.0 Å². The number of carbonyl (C=O) groups excluding carboxylic acids is 1. The molecule has 1 saturated heterocycles. The van der Waals surface area contributed by atoms with Gasteiger partial charge in [0, 0.05) is 11.1 Å². The van der Waals surface area contributed by atoms with E-state index < -0.39 is 9.84 Å². The maximum Gasteiger partial charge on any atom is 0.239 e. The summed E-state index contributed by atoms with van der Waals surface area (Å²) in [5.74, 6) is 1.05. The normalized spacial score (nSPS) is 18.1. The molecule has 0 saturated carbocycles. The lowest BCUT2D eigenvalue weighted by atomic mass is 10.2. The molecule has 1 aliphatic rings. The molecule has 1 amide bonds. The van der Waals surface area contributed by atoms with Crippen LogP contribution in [0.1, 0.15) is 12.0 Å². The van der Waals surface area contributed by atoms with Crippen LogP contribution in [0.2, 0.25) is 5.02 Å². The summed E-state index contributed by atoms with van der Waals surface area (Å²) in [4.78, 5) is 12.1. The number of ether oxygens (including phenoxy) is 1. The largest absolute Gasteiger partial charge is 0.455 e. The standard InChI is InChI=1S/C19H21ClN2O4S/c1-13-2-5-16(6-3-13)26-18-7-4-14(20)10-17(18)21-11-19(23)22-15-8-9-27(24,25)12-15/h2-7,10,15,21H,8-9,11-12H2,1H3,(H,22,23)/t15-/m1/s1. The third-order valence-corrected chi connectivity index (χ3v) is 6.23. The SMILES string of the molecule is Cc1ccc(Oc2ccc(Cl)cc2NCC(=O)N[C@@H]2CCS(=O)(=O)C2)cc1. The Morgan fingerprint density at radius 1 is 1.22 bits per heavy atom. The second-order valence-corrected chi connectivity index (χ2v) is 9.24. The molecule has 1 heterocycles. The van der Waals surface area contributed by atoms with Gasteiger partial charge in [0.05, 0.1) is 23.7 Å².